The molecule has 106 valence electrons. The molecule has 1 aromatic heterocycles. The third kappa shape index (κ3) is 2.96. The van der Waals surface area contributed by atoms with Crippen LogP contribution in [-0.2, 0) is 13.1 Å². The van der Waals surface area contributed by atoms with Crippen molar-refractivity contribution in [2.24, 2.45) is 0 Å². The molecule has 0 atom stereocenters. The van der Waals surface area contributed by atoms with E-state index in [-0.39, 0.29) is 6.54 Å². The van der Waals surface area contributed by atoms with Gasteiger partial charge in [-0.25, -0.2) is 5.06 Å². The third-order valence-corrected chi connectivity index (χ3v) is 3.53. The second kappa shape index (κ2) is 5.71. The summed E-state index contributed by atoms with van der Waals surface area (Å²) in [5.74, 6) is -0.431. The Morgan fingerprint density at radius 3 is 2.89 bits per heavy atom. The molecule has 1 N–H and O–H groups in total. The van der Waals surface area contributed by atoms with Crippen molar-refractivity contribution in [1.29, 1.82) is 0 Å². The number of hydrogen-bond acceptors (Lipinski definition) is 4. The van der Waals surface area contributed by atoms with Gasteiger partial charge >= 0.3 is 0 Å². The molecule has 1 amide bonds. The van der Waals surface area contributed by atoms with E-state index in [1.165, 1.54) is 0 Å². The number of hydroxylamine groups is 2. The normalized spacial score (nSPS) is 16.3. The van der Waals surface area contributed by atoms with Gasteiger partial charge in [0.05, 0.1) is 5.69 Å². The van der Waals surface area contributed by atoms with Crippen LogP contribution in [-0.4, -0.2) is 50.0 Å². The molecule has 6 nitrogen and oxygen atoms in total. The summed E-state index contributed by atoms with van der Waals surface area (Å²) in [5.41, 5.74) is 1.36. The highest BCUT2D eigenvalue weighted by atomic mass is 16.5. The fourth-order valence-electron chi connectivity index (χ4n) is 2.31. The molecule has 19 heavy (non-hydrogen) atoms. The van der Waals surface area contributed by atoms with Gasteiger partial charge in [-0.2, -0.15) is 5.10 Å². The van der Waals surface area contributed by atoms with Gasteiger partial charge in [0.15, 0.2) is 5.69 Å². The first-order chi connectivity index (χ1) is 9.02. The lowest BCUT2D eigenvalue weighted by Gasteiger charge is -2.23. The molecule has 0 aromatic carbocycles. The lowest BCUT2D eigenvalue weighted by Crippen LogP contribution is -2.30. The Balaban J connectivity index is 2.21. The maximum atomic E-state index is 11.9. The van der Waals surface area contributed by atoms with Gasteiger partial charge in [0.1, 0.15) is 0 Å². The molecule has 1 aliphatic rings. The van der Waals surface area contributed by atoms with Crippen LogP contribution in [0.2, 0.25) is 0 Å². The minimum atomic E-state index is -0.431. The van der Waals surface area contributed by atoms with E-state index in [4.69, 9.17) is 0 Å². The van der Waals surface area contributed by atoms with Crippen LogP contribution >= 0.6 is 0 Å². The summed E-state index contributed by atoms with van der Waals surface area (Å²) in [6.07, 6.45) is 1.02. The van der Waals surface area contributed by atoms with Crippen LogP contribution in [0, 0.1) is 0 Å². The zero-order valence-electron chi connectivity index (χ0n) is 11.8. The van der Waals surface area contributed by atoms with Gasteiger partial charge in [-0.3, -0.25) is 19.6 Å². The summed E-state index contributed by atoms with van der Waals surface area (Å²) < 4.78 is 1.89. The number of fused-ring (bicyclic) bond motifs is 1. The van der Waals surface area contributed by atoms with Crippen LogP contribution in [0.3, 0.4) is 0 Å². The molecule has 0 saturated carbocycles. The first-order valence-corrected chi connectivity index (χ1v) is 6.84. The number of nitrogens with zero attached hydrogens (tertiary/aromatic N) is 4. The predicted octanol–water partition coefficient (Wildman–Crippen LogP) is 1.35. The summed E-state index contributed by atoms with van der Waals surface area (Å²) in [7, 11) is 0. The fraction of sp³-hybridized carbons (Fsp3) is 0.692. The molecule has 0 unspecified atom stereocenters. The molecule has 0 bridgehead atoms. The second-order valence-electron chi connectivity index (χ2n) is 5.18. The van der Waals surface area contributed by atoms with Crippen molar-refractivity contribution < 1.29 is 10.0 Å². The van der Waals surface area contributed by atoms with E-state index in [2.05, 4.69) is 23.8 Å². The van der Waals surface area contributed by atoms with Crippen LogP contribution in [0.1, 0.15) is 43.4 Å². The molecular weight excluding hydrogens is 244 g/mol. The van der Waals surface area contributed by atoms with Crippen molar-refractivity contribution in [2.75, 3.05) is 13.1 Å². The fourth-order valence-corrected chi connectivity index (χ4v) is 2.31. The van der Waals surface area contributed by atoms with Crippen molar-refractivity contribution in [1.82, 2.24) is 19.7 Å². The molecule has 1 aliphatic heterocycles. The quantitative estimate of drug-likeness (QED) is 0.662. The Labute approximate surface area is 113 Å². The molecule has 0 spiro atoms. The third-order valence-electron chi connectivity index (χ3n) is 3.53. The van der Waals surface area contributed by atoms with Crippen molar-refractivity contribution in [3.05, 3.63) is 17.5 Å². The lowest BCUT2D eigenvalue weighted by atomic mass is 10.2. The SMILES string of the molecule is CCN(O)C(=O)c1cc2n(n1)CCCN(C(C)C)C2. The van der Waals surface area contributed by atoms with Crippen LogP contribution in [0.5, 0.6) is 0 Å². The van der Waals surface area contributed by atoms with E-state index in [9.17, 15) is 10.0 Å². The second-order valence-corrected chi connectivity index (χ2v) is 5.18. The Hall–Kier alpha value is -1.40. The molecular formula is C13H22N4O2. The number of amides is 1. The zero-order chi connectivity index (χ0) is 14.0. The average molecular weight is 266 g/mol. The average Bonchev–Trinajstić information content (AvgIpc) is 2.68. The van der Waals surface area contributed by atoms with Crippen molar-refractivity contribution >= 4 is 5.91 Å². The molecule has 0 radical (unpaired) electrons. The topological polar surface area (TPSA) is 61.6 Å². The number of aromatic nitrogens is 2. The van der Waals surface area contributed by atoms with Crippen LogP contribution < -0.4 is 0 Å². The van der Waals surface area contributed by atoms with E-state index in [0.717, 1.165) is 31.7 Å². The van der Waals surface area contributed by atoms with Gasteiger partial charge in [0.2, 0.25) is 0 Å². The Morgan fingerprint density at radius 1 is 1.53 bits per heavy atom. The highest BCUT2D eigenvalue weighted by Crippen LogP contribution is 2.16. The largest absolute Gasteiger partial charge is 0.297 e. The van der Waals surface area contributed by atoms with E-state index in [1.54, 1.807) is 13.0 Å². The Bertz CT molecular complexity index is 455. The maximum Gasteiger partial charge on any atom is 0.297 e. The van der Waals surface area contributed by atoms with E-state index >= 15 is 0 Å². The number of hydrogen-bond donors (Lipinski definition) is 1. The van der Waals surface area contributed by atoms with Gasteiger partial charge in [-0.1, -0.05) is 0 Å². The highest BCUT2D eigenvalue weighted by molar-refractivity contribution is 5.91. The minimum Gasteiger partial charge on any atom is -0.295 e. The van der Waals surface area contributed by atoms with Crippen LogP contribution in [0.15, 0.2) is 6.07 Å². The molecule has 0 fully saturated rings. The summed E-state index contributed by atoms with van der Waals surface area (Å²) in [4.78, 5) is 14.2. The van der Waals surface area contributed by atoms with E-state index in [0.29, 0.717) is 16.8 Å². The van der Waals surface area contributed by atoms with Crippen molar-refractivity contribution in [3.8, 4) is 0 Å². The van der Waals surface area contributed by atoms with Crippen LogP contribution in [0.25, 0.3) is 0 Å². The Morgan fingerprint density at radius 2 is 2.26 bits per heavy atom. The molecule has 0 aliphatic carbocycles. The van der Waals surface area contributed by atoms with Crippen molar-refractivity contribution in [2.45, 2.75) is 46.3 Å². The molecule has 2 heterocycles. The highest BCUT2D eigenvalue weighted by Gasteiger charge is 2.22. The van der Waals surface area contributed by atoms with Gasteiger partial charge in [-0.15, -0.1) is 0 Å². The van der Waals surface area contributed by atoms with Gasteiger partial charge in [-0.05, 0) is 33.3 Å². The Kier molecular flexibility index (Phi) is 4.21. The number of aryl methyl sites for hydroxylation is 1. The van der Waals surface area contributed by atoms with E-state index in [1.807, 2.05) is 4.68 Å². The number of carbonyl (C=O) groups excluding carboxylic acids is 1. The first kappa shape index (κ1) is 14.0. The summed E-state index contributed by atoms with van der Waals surface area (Å²) in [5, 5.41) is 14.5. The van der Waals surface area contributed by atoms with Gasteiger partial charge in [0.25, 0.3) is 5.91 Å². The standard InChI is InChI=1S/C13H22N4O2/c1-4-17(19)13(18)12-8-11-9-15(10(2)3)6-5-7-16(11)14-12/h8,10,19H,4-7,9H2,1-3H3. The molecule has 2 rings (SSSR count). The number of rotatable bonds is 3. The summed E-state index contributed by atoms with van der Waals surface area (Å²) in [6, 6.07) is 2.27. The smallest absolute Gasteiger partial charge is 0.295 e. The predicted molar refractivity (Wildman–Crippen MR) is 70.9 cm³/mol. The zero-order valence-corrected chi connectivity index (χ0v) is 11.8. The van der Waals surface area contributed by atoms with Gasteiger partial charge < -0.3 is 0 Å². The number of carbonyl (C=O) groups is 1. The molecule has 1 aromatic rings. The molecule has 6 heteroatoms. The van der Waals surface area contributed by atoms with Crippen LogP contribution in [0.4, 0.5) is 0 Å². The van der Waals surface area contributed by atoms with E-state index < -0.39 is 5.91 Å². The van der Waals surface area contributed by atoms with Gasteiger partial charge in [0, 0.05) is 32.2 Å². The summed E-state index contributed by atoms with van der Waals surface area (Å²) in [6.45, 7) is 9.00. The molecule has 0 saturated heterocycles. The summed E-state index contributed by atoms with van der Waals surface area (Å²) >= 11 is 0. The van der Waals surface area contributed by atoms with Crippen molar-refractivity contribution in [3.63, 3.8) is 0 Å². The lowest BCUT2D eigenvalue weighted by molar-refractivity contribution is -0.0546. The monoisotopic (exact) mass is 266 g/mol. The first-order valence-electron chi connectivity index (χ1n) is 6.84. The minimum absolute atomic E-state index is 0.263. The maximum absolute atomic E-state index is 11.9.